The first-order chi connectivity index (χ1) is 18.0. The number of ether oxygens (including phenoxy) is 2. The average molecular weight is 526 g/mol. The van der Waals surface area contributed by atoms with Gasteiger partial charge in [0.05, 0.1) is 11.1 Å². The maximum Gasteiger partial charge on any atom is 0.416 e. The molecule has 0 saturated heterocycles. The summed E-state index contributed by atoms with van der Waals surface area (Å²) < 4.78 is 91.2. The summed E-state index contributed by atoms with van der Waals surface area (Å²) in [5.74, 6) is -1.56. The number of fused-ring (bicyclic) bond motifs is 1. The summed E-state index contributed by atoms with van der Waals surface area (Å²) in [5, 5.41) is 18.7. The van der Waals surface area contributed by atoms with E-state index in [9.17, 15) is 36.9 Å². The van der Waals surface area contributed by atoms with Gasteiger partial charge in [-0.1, -0.05) is 36.4 Å². The molecular formula is C26H12F6N4O2. The van der Waals surface area contributed by atoms with Gasteiger partial charge in [0.1, 0.15) is 22.9 Å². The molecule has 6 nitrogen and oxygen atoms in total. The van der Waals surface area contributed by atoms with E-state index < -0.39 is 35.0 Å². The number of allylic oxidation sites excluding steroid dienone is 2. The second-order valence-corrected chi connectivity index (χ2v) is 7.58. The Morgan fingerprint density at radius 2 is 0.974 bits per heavy atom. The van der Waals surface area contributed by atoms with E-state index in [0.29, 0.717) is 12.1 Å². The van der Waals surface area contributed by atoms with Gasteiger partial charge in [-0.05, 0) is 36.4 Å². The molecule has 0 bridgehead atoms. The van der Waals surface area contributed by atoms with E-state index in [1.54, 1.807) is 24.5 Å². The Balaban J connectivity index is 1.96. The van der Waals surface area contributed by atoms with Crippen LogP contribution >= 0.6 is 0 Å². The fraction of sp³-hybridized carbons (Fsp3) is 0.0769. The molecule has 38 heavy (non-hydrogen) atoms. The minimum Gasteiger partial charge on any atom is -0.451 e. The van der Waals surface area contributed by atoms with Gasteiger partial charge in [0.25, 0.3) is 0 Å². The van der Waals surface area contributed by atoms with Crippen LogP contribution in [0, 0.1) is 22.9 Å². The van der Waals surface area contributed by atoms with Gasteiger partial charge < -0.3 is 9.47 Å². The van der Waals surface area contributed by atoms with E-state index >= 15 is 0 Å². The third-order valence-electron chi connectivity index (χ3n) is 5.16. The van der Waals surface area contributed by atoms with E-state index in [4.69, 9.17) is 9.47 Å². The van der Waals surface area contributed by atoms with Crippen LogP contribution in [0.2, 0.25) is 0 Å². The van der Waals surface area contributed by atoms with Crippen LogP contribution in [0.4, 0.5) is 26.3 Å². The zero-order chi connectivity index (χ0) is 27.5. The number of benzene rings is 3. The summed E-state index contributed by atoms with van der Waals surface area (Å²) in [7, 11) is 0. The van der Waals surface area contributed by atoms with Gasteiger partial charge in [-0.15, -0.1) is 0 Å². The molecule has 0 amide bonds. The van der Waals surface area contributed by atoms with Crippen LogP contribution in [0.5, 0.6) is 11.5 Å². The lowest BCUT2D eigenvalue weighted by Gasteiger charge is -2.25. The summed E-state index contributed by atoms with van der Waals surface area (Å²) >= 11 is 0. The van der Waals surface area contributed by atoms with Gasteiger partial charge in [0, 0.05) is 11.1 Å². The molecule has 190 valence electrons. The Bertz CT molecular complexity index is 1460. The Kier molecular flexibility index (Phi) is 6.91. The molecule has 3 aromatic rings. The van der Waals surface area contributed by atoms with Gasteiger partial charge in [-0.2, -0.15) is 46.9 Å². The van der Waals surface area contributed by atoms with Crippen molar-refractivity contribution in [2.24, 2.45) is 9.98 Å². The third kappa shape index (κ3) is 5.34. The Hall–Kier alpha value is -5.10. The van der Waals surface area contributed by atoms with Crippen molar-refractivity contribution < 1.29 is 35.8 Å². The molecule has 4 rings (SSSR count). The molecule has 0 atom stereocenters. The molecule has 12 heteroatoms. The zero-order valence-corrected chi connectivity index (χ0v) is 18.8. The van der Waals surface area contributed by atoms with Crippen LogP contribution in [0.3, 0.4) is 0 Å². The highest BCUT2D eigenvalue weighted by atomic mass is 19.4. The molecule has 0 unspecified atom stereocenters. The van der Waals surface area contributed by atoms with Crippen molar-refractivity contribution in [3.05, 3.63) is 107 Å². The lowest BCUT2D eigenvalue weighted by Crippen LogP contribution is -2.29. The van der Waals surface area contributed by atoms with Crippen molar-refractivity contribution >= 4 is 11.4 Å². The van der Waals surface area contributed by atoms with Crippen molar-refractivity contribution in [1.82, 2.24) is 0 Å². The number of aliphatic imine (C=N–C) groups is 2. The number of hydrogen-bond acceptors (Lipinski definition) is 6. The van der Waals surface area contributed by atoms with Gasteiger partial charge >= 0.3 is 12.4 Å². The summed E-state index contributed by atoms with van der Waals surface area (Å²) in [5.41, 5.74) is -2.03. The van der Waals surface area contributed by atoms with E-state index in [1.807, 2.05) is 0 Å². The number of hydrogen-bond donors (Lipinski definition) is 0. The molecule has 0 fully saturated rings. The standard InChI is InChI=1S/C26H12F6N4O2/c27-25(28,29)15-5-3-7-17(11-15)37-23-21(35-13-33)19-9-1-2-10-20(19)22(36-14-34)24(23)38-18-8-4-6-16(12-18)26(30,31)32/h1-12H/b35-21-,36-22+. The topological polar surface area (TPSA) is 90.8 Å². The van der Waals surface area contributed by atoms with Crippen LogP contribution in [-0.2, 0) is 12.4 Å². The molecule has 0 aromatic heterocycles. The molecular weight excluding hydrogens is 514 g/mol. The van der Waals surface area contributed by atoms with Crippen molar-refractivity contribution in [2.75, 3.05) is 0 Å². The second kappa shape index (κ2) is 10.1. The SMILES string of the molecule is N#C/N=C1C(Oc2cccc(C(F)(F)F)c2)=C(Oc2cccc(C(F)(F)F)c2)/C(=N/C#N)c2ccccc2\1. The normalized spacial score (nSPS) is 15.6. The minimum atomic E-state index is -4.71. The molecule has 0 heterocycles. The summed E-state index contributed by atoms with van der Waals surface area (Å²) in [4.78, 5) is 7.47. The predicted octanol–water partition coefficient (Wildman–Crippen LogP) is 6.65. The Labute approximate surface area is 211 Å². The Morgan fingerprint density at radius 1 is 0.579 bits per heavy atom. The number of alkyl halides is 6. The number of nitriles is 2. The van der Waals surface area contributed by atoms with Crippen LogP contribution < -0.4 is 9.47 Å². The molecule has 1 aliphatic rings. The second-order valence-electron chi connectivity index (χ2n) is 7.58. The molecule has 0 radical (unpaired) electrons. The van der Waals surface area contributed by atoms with Crippen molar-refractivity contribution in [3.63, 3.8) is 0 Å². The van der Waals surface area contributed by atoms with Gasteiger partial charge in [-0.3, -0.25) is 0 Å². The summed E-state index contributed by atoms with van der Waals surface area (Å²) in [6, 6.07) is 13.6. The number of rotatable bonds is 4. The van der Waals surface area contributed by atoms with Gasteiger partial charge in [0.15, 0.2) is 11.5 Å². The smallest absolute Gasteiger partial charge is 0.416 e. The minimum absolute atomic E-state index is 0.195. The highest BCUT2D eigenvalue weighted by molar-refractivity contribution is 6.29. The lowest BCUT2D eigenvalue weighted by molar-refractivity contribution is -0.138. The van der Waals surface area contributed by atoms with Gasteiger partial charge in [-0.25, -0.2) is 0 Å². The first-order valence-electron chi connectivity index (χ1n) is 10.5. The molecule has 0 aliphatic heterocycles. The van der Waals surface area contributed by atoms with Crippen LogP contribution in [-0.4, -0.2) is 11.4 Å². The maximum atomic E-state index is 13.3. The highest BCUT2D eigenvalue weighted by Crippen LogP contribution is 2.36. The van der Waals surface area contributed by atoms with Crippen molar-refractivity contribution in [2.45, 2.75) is 12.4 Å². The largest absolute Gasteiger partial charge is 0.451 e. The van der Waals surface area contributed by atoms with E-state index in [-0.39, 0.29) is 34.0 Å². The van der Waals surface area contributed by atoms with E-state index in [2.05, 4.69) is 9.98 Å². The van der Waals surface area contributed by atoms with Gasteiger partial charge in [0.2, 0.25) is 12.4 Å². The predicted molar refractivity (Wildman–Crippen MR) is 122 cm³/mol. The quantitative estimate of drug-likeness (QED) is 0.281. The highest BCUT2D eigenvalue weighted by Gasteiger charge is 2.36. The lowest BCUT2D eigenvalue weighted by atomic mass is 9.90. The fourth-order valence-corrected chi connectivity index (χ4v) is 3.57. The molecule has 1 aliphatic carbocycles. The fourth-order valence-electron chi connectivity index (χ4n) is 3.57. The van der Waals surface area contributed by atoms with Crippen LogP contribution in [0.1, 0.15) is 22.3 Å². The first-order valence-corrected chi connectivity index (χ1v) is 10.5. The number of nitrogens with zero attached hydrogens (tertiary/aromatic N) is 4. The van der Waals surface area contributed by atoms with Crippen molar-refractivity contribution in [1.29, 1.82) is 10.5 Å². The summed E-state index contributed by atoms with van der Waals surface area (Å²) in [6.45, 7) is 0. The van der Waals surface area contributed by atoms with Crippen LogP contribution in [0.15, 0.2) is 94.3 Å². The maximum absolute atomic E-state index is 13.3. The third-order valence-corrected chi connectivity index (χ3v) is 5.16. The van der Waals surface area contributed by atoms with E-state index in [0.717, 1.165) is 24.3 Å². The summed E-state index contributed by atoms with van der Waals surface area (Å²) in [6.07, 6.45) is -6.26. The Morgan fingerprint density at radius 3 is 1.32 bits per heavy atom. The molecule has 3 aromatic carbocycles. The first kappa shape index (κ1) is 26.0. The monoisotopic (exact) mass is 526 g/mol. The number of halogens is 6. The van der Waals surface area contributed by atoms with Crippen LogP contribution in [0.25, 0.3) is 0 Å². The zero-order valence-electron chi connectivity index (χ0n) is 18.8. The van der Waals surface area contributed by atoms with E-state index in [1.165, 1.54) is 24.3 Å². The van der Waals surface area contributed by atoms with Crippen molar-refractivity contribution in [3.8, 4) is 23.9 Å². The molecule has 0 N–H and O–H groups in total. The molecule has 0 spiro atoms. The molecule has 0 saturated carbocycles. The average Bonchev–Trinajstić information content (AvgIpc) is 2.87.